The minimum absolute atomic E-state index is 0.303. The van der Waals surface area contributed by atoms with Crippen LogP contribution in [0.5, 0.6) is 0 Å². The molecule has 2 saturated heterocycles. The summed E-state index contributed by atoms with van der Waals surface area (Å²) < 4.78 is 0.437. The molecular weight excluding hydrogens is 334 g/mol. The average molecular weight is 382 g/mol. The summed E-state index contributed by atoms with van der Waals surface area (Å²) >= 11 is 2.24. The van der Waals surface area contributed by atoms with Gasteiger partial charge in [-0.2, -0.15) is 11.8 Å². The van der Waals surface area contributed by atoms with Crippen molar-refractivity contribution >= 4 is 11.8 Å². The summed E-state index contributed by atoms with van der Waals surface area (Å²) in [5, 5.41) is 0. The lowest BCUT2D eigenvalue weighted by atomic mass is 9.54. The van der Waals surface area contributed by atoms with Crippen molar-refractivity contribution < 1.29 is 0 Å². The molecule has 0 bridgehead atoms. The third kappa shape index (κ3) is 3.19. The van der Waals surface area contributed by atoms with Gasteiger partial charge in [-0.15, -0.1) is 0 Å². The number of hydrogen-bond donors (Lipinski definition) is 0. The predicted molar refractivity (Wildman–Crippen MR) is 120 cm³/mol. The van der Waals surface area contributed by atoms with Gasteiger partial charge in [0.25, 0.3) is 0 Å². The molecule has 0 saturated carbocycles. The van der Waals surface area contributed by atoms with Gasteiger partial charge in [0.05, 0.1) is 0 Å². The number of nitrogens with zero attached hydrogens (tertiary/aromatic N) is 1. The minimum Gasteiger partial charge on any atom is -0.300 e. The lowest BCUT2D eigenvalue weighted by Gasteiger charge is -2.62. The van der Waals surface area contributed by atoms with Gasteiger partial charge in [0, 0.05) is 10.3 Å². The first-order chi connectivity index (χ1) is 11.5. The fourth-order valence-corrected chi connectivity index (χ4v) is 8.79. The Kier molecular flexibility index (Phi) is 5.81. The molecule has 0 N–H and O–H groups in total. The Balaban J connectivity index is 2.26. The molecule has 2 heterocycles. The van der Waals surface area contributed by atoms with Crippen molar-refractivity contribution in [1.29, 1.82) is 0 Å². The van der Waals surface area contributed by atoms with Crippen LogP contribution in [0, 0.1) is 21.7 Å². The molecule has 0 aromatic heterocycles. The van der Waals surface area contributed by atoms with Crippen LogP contribution in [0.25, 0.3) is 0 Å². The first kappa shape index (κ1) is 22.6. The zero-order chi connectivity index (χ0) is 20.2. The predicted octanol–water partition coefficient (Wildman–Crippen LogP) is 7.25. The zero-order valence-corrected chi connectivity index (χ0v) is 20.6. The largest absolute Gasteiger partial charge is 0.300 e. The van der Waals surface area contributed by atoms with Crippen molar-refractivity contribution in [2.24, 2.45) is 21.7 Å². The average Bonchev–Trinajstić information content (AvgIpc) is 2.76. The highest BCUT2D eigenvalue weighted by Gasteiger charge is 2.60. The number of rotatable bonds is 5. The lowest BCUT2D eigenvalue weighted by molar-refractivity contribution is -0.0682. The summed E-state index contributed by atoms with van der Waals surface area (Å²) in [6, 6.07) is 0. The molecule has 0 aliphatic carbocycles. The summed E-state index contributed by atoms with van der Waals surface area (Å²) in [6.45, 7) is 26.3. The Morgan fingerprint density at radius 1 is 0.769 bits per heavy atom. The smallest absolute Gasteiger partial charge is 0.0306 e. The van der Waals surface area contributed by atoms with Crippen molar-refractivity contribution in [3.63, 3.8) is 0 Å². The van der Waals surface area contributed by atoms with Gasteiger partial charge in [0.2, 0.25) is 0 Å². The zero-order valence-electron chi connectivity index (χ0n) is 19.8. The first-order valence-corrected chi connectivity index (χ1v) is 11.9. The van der Waals surface area contributed by atoms with Crippen LogP contribution in [0.1, 0.15) is 101 Å². The maximum Gasteiger partial charge on any atom is 0.0306 e. The van der Waals surface area contributed by atoms with Crippen molar-refractivity contribution in [3.8, 4) is 0 Å². The van der Waals surface area contributed by atoms with Gasteiger partial charge in [-0.3, -0.25) is 4.90 Å². The van der Waals surface area contributed by atoms with Crippen LogP contribution in [0.4, 0.5) is 0 Å². The van der Waals surface area contributed by atoms with E-state index in [1.807, 2.05) is 0 Å². The molecule has 2 fully saturated rings. The molecule has 2 atom stereocenters. The molecule has 154 valence electrons. The van der Waals surface area contributed by atoms with Gasteiger partial charge in [-0.05, 0) is 73.1 Å². The fourth-order valence-electron chi connectivity index (χ4n) is 7.25. The third-order valence-electron chi connectivity index (χ3n) is 8.53. The summed E-state index contributed by atoms with van der Waals surface area (Å²) in [6.07, 6.45) is 6.73. The lowest BCUT2D eigenvalue weighted by Crippen LogP contribution is -2.62. The van der Waals surface area contributed by atoms with E-state index in [2.05, 4.69) is 92.9 Å². The molecule has 2 heteroatoms. The van der Waals surface area contributed by atoms with Crippen LogP contribution in [-0.2, 0) is 0 Å². The summed E-state index contributed by atoms with van der Waals surface area (Å²) in [7, 11) is 2.38. The fraction of sp³-hybridized carbons (Fsp3) is 1.00. The first-order valence-electron chi connectivity index (χ1n) is 10.9. The van der Waals surface area contributed by atoms with E-state index < -0.39 is 0 Å². The minimum atomic E-state index is 0.303. The van der Waals surface area contributed by atoms with Crippen LogP contribution in [0.3, 0.4) is 0 Å². The second-order valence-corrected chi connectivity index (χ2v) is 14.0. The Morgan fingerprint density at radius 3 is 1.58 bits per heavy atom. The maximum absolute atomic E-state index is 2.71. The Hall–Kier alpha value is 0.310. The van der Waals surface area contributed by atoms with E-state index in [1.54, 1.807) is 0 Å². The van der Waals surface area contributed by atoms with Crippen molar-refractivity contribution in [2.75, 3.05) is 19.3 Å². The molecule has 2 aliphatic heterocycles. The normalized spacial score (nSPS) is 32.0. The Morgan fingerprint density at radius 2 is 1.27 bits per heavy atom. The van der Waals surface area contributed by atoms with Gasteiger partial charge in [-0.1, -0.05) is 69.2 Å². The second kappa shape index (κ2) is 6.68. The second-order valence-electron chi connectivity index (χ2n) is 12.6. The molecule has 0 amide bonds. The van der Waals surface area contributed by atoms with E-state index in [0.29, 0.717) is 31.9 Å². The highest BCUT2D eigenvalue weighted by atomic mass is 32.2. The van der Waals surface area contributed by atoms with E-state index in [1.165, 1.54) is 44.4 Å². The molecule has 2 rings (SSSR count). The monoisotopic (exact) mass is 381 g/mol. The van der Waals surface area contributed by atoms with E-state index >= 15 is 0 Å². The van der Waals surface area contributed by atoms with E-state index in [9.17, 15) is 0 Å². The Bertz CT molecular complexity index is 501. The van der Waals surface area contributed by atoms with Crippen LogP contribution in [0.15, 0.2) is 0 Å². The number of likely N-dealkylation sites (tertiary alicyclic amines) is 1. The van der Waals surface area contributed by atoms with Crippen LogP contribution < -0.4 is 0 Å². The topological polar surface area (TPSA) is 3.24 Å². The molecule has 0 spiro atoms. The van der Waals surface area contributed by atoms with Crippen LogP contribution in [-0.4, -0.2) is 34.5 Å². The summed E-state index contributed by atoms with van der Waals surface area (Å²) in [5.41, 5.74) is 1.68. The highest BCUT2D eigenvalue weighted by molar-refractivity contribution is 8.02. The third-order valence-corrected chi connectivity index (χ3v) is 10.8. The molecule has 26 heavy (non-hydrogen) atoms. The maximum atomic E-state index is 2.71. The van der Waals surface area contributed by atoms with E-state index in [4.69, 9.17) is 0 Å². The van der Waals surface area contributed by atoms with Crippen molar-refractivity contribution in [2.45, 2.75) is 112 Å². The molecule has 0 radical (unpaired) electrons. The van der Waals surface area contributed by atoms with Crippen LogP contribution >= 0.6 is 11.8 Å². The summed E-state index contributed by atoms with van der Waals surface area (Å²) in [5.74, 6) is 1.35. The van der Waals surface area contributed by atoms with Gasteiger partial charge < -0.3 is 0 Å². The molecule has 0 aromatic carbocycles. The molecular formula is C24H47NS. The van der Waals surface area contributed by atoms with Gasteiger partial charge in [-0.25, -0.2) is 0 Å². The van der Waals surface area contributed by atoms with Gasteiger partial charge in [0.1, 0.15) is 0 Å². The summed E-state index contributed by atoms with van der Waals surface area (Å²) in [4.78, 5) is 2.71. The van der Waals surface area contributed by atoms with E-state index in [0.717, 1.165) is 0 Å². The quantitative estimate of drug-likeness (QED) is 0.493. The standard InChI is InChI=1S/C24H47NS/c1-19(2,3)23(13-12-17-25(23)11)21(7,8)14-15-22(9,10)24(16-18-26-24)20(4,5)6/h12-18H2,1-11H3/t23?,24-/m1/s1. The van der Waals surface area contributed by atoms with Crippen LogP contribution in [0.2, 0.25) is 0 Å². The Labute approximate surface area is 169 Å². The van der Waals surface area contributed by atoms with Gasteiger partial charge in [0.15, 0.2) is 0 Å². The van der Waals surface area contributed by atoms with Crippen molar-refractivity contribution in [3.05, 3.63) is 0 Å². The molecule has 1 unspecified atom stereocenters. The van der Waals surface area contributed by atoms with Gasteiger partial charge >= 0.3 is 0 Å². The van der Waals surface area contributed by atoms with E-state index in [-0.39, 0.29) is 0 Å². The van der Waals surface area contributed by atoms with Crippen molar-refractivity contribution in [1.82, 2.24) is 4.90 Å². The SMILES string of the molecule is CN1CCCC1(C(C)(C)C)C(C)(C)CCC(C)(C)[C@]1(C(C)(C)C)CCS1. The highest BCUT2D eigenvalue weighted by Crippen LogP contribution is 2.64. The number of hydrogen-bond acceptors (Lipinski definition) is 2. The molecule has 1 nitrogen and oxygen atoms in total. The number of thioether (sulfide) groups is 1. The molecule has 2 aliphatic rings. The molecule has 0 aromatic rings.